The van der Waals surface area contributed by atoms with Gasteiger partial charge in [-0.3, -0.25) is 4.99 Å². The van der Waals surface area contributed by atoms with Crippen molar-refractivity contribution in [3.8, 4) is 0 Å². The fourth-order valence-corrected chi connectivity index (χ4v) is 5.21. The number of sulfonamides is 1. The molecule has 30 heavy (non-hydrogen) atoms. The van der Waals surface area contributed by atoms with E-state index in [1.165, 1.54) is 5.56 Å². The number of hydrogen-bond acceptors (Lipinski definition) is 3. The Labute approximate surface area is 180 Å². The molecule has 2 N–H and O–H groups in total. The van der Waals surface area contributed by atoms with Gasteiger partial charge in [-0.05, 0) is 48.9 Å². The van der Waals surface area contributed by atoms with E-state index in [-0.39, 0.29) is 0 Å². The Bertz CT molecular complexity index is 923. The molecule has 0 bridgehead atoms. The molecule has 0 radical (unpaired) electrons. The molecule has 1 saturated heterocycles. The quantitative estimate of drug-likeness (QED) is 0.385. The molecule has 1 heterocycles. The number of guanidine groups is 1. The van der Waals surface area contributed by atoms with Crippen LogP contribution in [0.1, 0.15) is 36.8 Å². The molecule has 3 rings (SSSR count). The first-order valence-electron chi connectivity index (χ1n) is 10.7. The third-order valence-corrected chi connectivity index (χ3v) is 7.21. The Hall–Kier alpha value is -2.38. The highest BCUT2D eigenvalue weighted by Gasteiger charge is 2.25. The average molecular weight is 429 g/mol. The zero-order chi connectivity index (χ0) is 21.2. The molecule has 2 aromatic rings. The Morgan fingerprint density at radius 2 is 1.70 bits per heavy atom. The average Bonchev–Trinajstić information content (AvgIpc) is 2.80. The van der Waals surface area contributed by atoms with Crippen LogP contribution in [0, 0.1) is 0 Å². The Morgan fingerprint density at radius 1 is 0.967 bits per heavy atom. The lowest BCUT2D eigenvalue weighted by molar-refractivity contribution is 0.346. The van der Waals surface area contributed by atoms with Gasteiger partial charge in [0.15, 0.2) is 5.96 Å². The number of aliphatic imine (C=N–C) groups is 1. The molecular formula is C23H32N4O2S. The molecule has 0 unspecified atom stereocenters. The summed E-state index contributed by atoms with van der Waals surface area (Å²) in [6, 6.07) is 17.6. The molecule has 6 nitrogen and oxygen atoms in total. The third-order valence-electron chi connectivity index (χ3n) is 5.31. The van der Waals surface area contributed by atoms with E-state index in [4.69, 9.17) is 0 Å². The van der Waals surface area contributed by atoms with Gasteiger partial charge >= 0.3 is 0 Å². The SMILES string of the molecule is CN=C(NCCCc1ccccc1)NCc1cccc(S(=O)(=O)N2CCCCC2)c1. The summed E-state index contributed by atoms with van der Waals surface area (Å²) in [7, 11) is -1.67. The zero-order valence-corrected chi connectivity index (χ0v) is 18.5. The molecule has 1 aliphatic rings. The van der Waals surface area contributed by atoms with Gasteiger partial charge in [0.25, 0.3) is 0 Å². The van der Waals surface area contributed by atoms with Gasteiger partial charge in [0.1, 0.15) is 0 Å². The second-order valence-corrected chi connectivity index (χ2v) is 9.49. The molecule has 0 spiro atoms. The maximum atomic E-state index is 12.9. The third kappa shape index (κ3) is 6.31. The molecule has 1 fully saturated rings. The Kier molecular flexibility index (Phi) is 8.28. The van der Waals surface area contributed by atoms with Crippen LogP contribution in [0.4, 0.5) is 0 Å². The first-order valence-corrected chi connectivity index (χ1v) is 12.1. The highest BCUT2D eigenvalue weighted by Crippen LogP contribution is 2.21. The smallest absolute Gasteiger partial charge is 0.243 e. The van der Waals surface area contributed by atoms with Crippen LogP contribution < -0.4 is 10.6 Å². The predicted octanol–water partition coefficient (Wildman–Crippen LogP) is 3.16. The Balaban J connectivity index is 1.50. The minimum absolute atomic E-state index is 0.370. The minimum Gasteiger partial charge on any atom is -0.356 e. The number of hydrogen-bond donors (Lipinski definition) is 2. The molecular weight excluding hydrogens is 396 g/mol. The molecule has 0 aromatic heterocycles. The van der Waals surface area contributed by atoms with Crippen molar-refractivity contribution >= 4 is 16.0 Å². The summed E-state index contributed by atoms with van der Waals surface area (Å²) in [5.74, 6) is 0.715. The maximum Gasteiger partial charge on any atom is 0.243 e. The van der Waals surface area contributed by atoms with Crippen molar-refractivity contribution in [2.24, 2.45) is 4.99 Å². The van der Waals surface area contributed by atoms with E-state index < -0.39 is 10.0 Å². The first-order chi connectivity index (χ1) is 14.6. The fourth-order valence-electron chi connectivity index (χ4n) is 3.62. The van der Waals surface area contributed by atoms with Crippen molar-refractivity contribution in [3.05, 3.63) is 65.7 Å². The van der Waals surface area contributed by atoms with E-state index in [0.717, 1.165) is 44.2 Å². The van der Waals surface area contributed by atoms with Crippen LogP contribution in [0.25, 0.3) is 0 Å². The van der Waals surface area contributed by atoms with Crippen LogP contribution in [0.15, 0.2) is 64.5 Å². The molecule has 0 saturated carbocycles. The molecule has 2 aromatic carbocycles. The summed E-state index contributed by atoms with van der Waals surface area (Å²) in [5.41, 5.74) is 2.24. The van der Waals surface area contributed by atoms with Crippen molar-refractivity contribution in [3.63, 3.8) is 0 Å². The van der Waals surface area contributed by atoms with Gasteiger partial charge in [-0.25, -0.2) is 8.42 Å². The van der Waals surface area contributed by atoms with E-state index in [9.17, 15) is 8.42 Å². The van der Waals surface area contributed by atoms with Crippen LogP contribution in [0.2, 0.25) is 0 Å². The minimum atomic E-state index is -3.41. The molecule has 7 heteroatoms. The van der Waals surface area contributed by atoms with Crippen molar-refractivity contribution in [2.75, 3.05) is 26.7 Å². The number of piperidine rings is 1. The lowest BCUT2D eigenvalue weighted by Crippen LogP contribution is -2.37. The van der Waals surface area contributed by atoms with Gasteiger partial charge < -0.3 is 10.6 Å². The number of aryl methyl sites for hydroxylation is 1. The van der Waals surface area contributed by atoms with Gasteiger partial charge in [-0.2, -0.15) is 4.31 Å². The second-order valence-electron chi connectivity index (χ2n) is 7.55. The molecule has 162 valence electrons. The van der Waals surface area contributed by atoms with Crippen molar-refractivity contribution in [1.82, 2.24) is 14.9 Å². The van der Waals surface area contributed by atoms with Crippen molar-refractivity contribution < 1.29 is 8.42 Å². The van der Waals surface area contributed by atoms with E-state index in [0.29, 0.717) is 30.5 Å². The highest BCUT2D eigenvalue weighted by molar-refractivity contribution is 7.89. The topological polar surface area (TPSA) is 73.8 Å². The van der Waals surface area contributed by atoms with Crippen LogP contribution in [-0.2, 0) is 23.0 Å². The number of rotatable bonds is 8. The summed E-state index contributed by atoms with van der Waals surface area (Å²) in [6.45, 7) is 2.56. The molecule has 0 aliphatic carbocycles. The van der Waals surface area contributed by atoms with Crippen molar-refractivity contribution in [2.45, 2.75) is 43.5 Å². The van der Waals surface area contributed by atoms with E-state index in [1.54, 1.807) is 23.5 Å². The maximum absolute atomic E-state index is 12.9. The van der Waals surface area contributed by atoms with Gasteiger partial charge in [-0.15, -0.1) is 0 Å². The van der Waals surface area contributed by atoms with Gasteiger partial charge in [0, 0.05) is 33.2 Å². The summed E-state index contributed by atoms with van der Waals surface area (Å²) in [5, 5.41) is 6.59. The predicted molar refractivity (Wildman–Crippen MR) is 122 cm³/mol. The van der Waals surface area contributed by atoms with Crippen LogP contribution in [-0.4, -0.2) is 45.4 Å². The normalized spacial score (nSPS) is 15.7. The van der Waals surface area contributed by atoms with E-state index in [1.807, 2.05) is 18.2 Å². The van der Waals surface area contributed by atoms with Crippen LogP contribution in [0.3, 0.4) is 0 Å². The van der Waals surface area contributed by atoms with Gasteiger partial charge in [0.05, 0.1) is 4.90 Å². The van der Waals surface area contributed by atoms with Gasteiger partial charge in [-0.1, -0.05) is 48.9 Å². The number of nitrogens with one attached hydrogen (secondary N) is 2. The standard InChI is InChI=1S/C23H32N4O2S/c1-24-23(25-15-9-13-20-10-4-2-5-11-20)26-19-21-12-8-14-22(18-21)30(28,29)27-16-6-3-7-17-27/h2,4-5,8,10-12,14,18H,3,6-7,9,13,15-17,19H2,1H3,(H2,24,25,26). The summed E-state index contributed by atoms with van der Waals surface area (Å²) < 4.78 is 27.4. The second kappa shape index (κ2) is 11.1. The first kappa shape index (κ1) is 22.3. The number of benzene rings is 2. The van der Waals surface area contributed by atoms with Gasteiger partial charge in [0.2, 0.25) is 10.0 Å². The van der Waals surface area contributed by atoms with Crippen molar-refractivity contribution in [1.29, 1.82) is 0 Å². The lowest BCUT2D eigenvalue weighted by Gasteiger charge is -2.26. The largest absolute Gasteiger partial charge is 0.356 e. The molecule has 0 amide bonds. The van der Waals surface area contributed by atoms with E-state index in [2.05, 4.69) is 39.9 Å². The van der Waals surface area contributed by atoms with E-state index >= 15 is 0 Å². The summed E-state index contributed by atoms with van der Waals surface area (Å²) >= 11 is 0. The fraction of sp³-hybridized carbons (Fsp3) is 0.435. The zero-order valence-electron chi connectivity index (χ0n) is 17.7. The summed E-state index contributed by atoms with van der Waals surface area (Å²) in [4.78, 5) is 4.63. The highest BCUT2D eigenvalue weighted by atomic mass is 32.2. The van der Waals surface area contributed by atoms with Crippen LogP contribution in [0.5, 0.6) is 0 Å². The molecule has 1 aliphatic heterocycles. The monoisotopic (exact) mass is 428 g/mol. The lowest BCUT2D eigenvalue weighted by atomic mass is 10.1. The number of nitrogens with zero attached hydrogens (tertiary/aromatic N) is 2. The van der Waals surface area contributed by atoms with Crippen LogP contribution >= 0.6 is 0 Å². The Morgan fingerprint density at radius 3 is 2.43 bits per heavy atom. The molecule has 0 atom stereocenters. The summed E-state index contributed by atoms with van der Waals surface area (Å²) in [6.07, 6.45) is 5.00.